The van der Waals surface area contributed by atoms with E-state index < -0.39 is 34.8 Å². The van der Waals surface area contributed by atoms with Gasteiger partial charge in [0.05, 0.1) is 11.1 Å². The molecule has 0 aliphatic rings. The van der Waals surface area contributed by atoms with Crippen LogP contribution in [0.3, 0.4) is 0 Å². The zero-order chi connectivity index (χ0) is 17.4. The van der Waals surface area contributed by atoms with Gasteiger partial charge in [-0.3, -0.25) is 4.79 Å². The van der Waals surface area contributed by atoms with Crippen LogP contribution in [-0.4, -0.2) is 5.78 Å². The molecule has 23 heavy (non-hydrogen) atoms. The molecular weight excluding hydrogens is 346 g/mol. The minimum atomic E-state index is -5.00. The molecular formula is C15H7ClF6O. The normalized spacial score (nSPS) is 12.3. The number of carbonyl (C=O) groups is 1. The lowest BCUT2D eigenvalue weighted by Crippen LogP contribution is -2.13. The molecule has 0 saturated heterocycles. The molecule has 2 aromatic rings. The molecule has 0 aliphatic carbocycles. The Kier molecular flexibility index (Phi) is 4.43. The maximum absolute atomic E-state index is 12.8. The summed E-state index contributed by atoms with van der Waals surface area (Å²) in [6.07, 6.45) is -10.0. The van der Waals surface area contributed by atoms with Crippen LogP contribution in [0.4, 0.5) is 26.3 Å². The zero-order valence-corrected chi connectivity index (χ0v) is 11.9. The van der Waals surface area contributed by atoms with E-state index in [0.717, 1.165) is 0 Å². The fraction of sp³-hybridized carbons (Fsp3) is 0.133. The smallest absolute Gasteiger partial charge is 0.289 e. The monoisotopic (exact) mass is 352 g/mol. The van der Waals surface area contributed by atoms with Crippen molar-refractivity contribution in [3.63, 3.8) is 0 Å². The van der Waals surface area contributed by atoms with E-state index in [1.165, 1.54) is 24.3 Å². The van der Waals surface area contributed by atoms with Crippen LogP contribution >= 0.6 is 11.6 Å². The van der Waals surface area contributed by atoms with Crippen LogP contribution in [0.25, 0.3) is 0 Å². The Morgan fingerprint density at radius 2 is 1.17 bits per heavy atom. The van der Waals surface area contributed by atoms with Gasteiger partial charge in [0, 0.05) is 16.1 Å². The van der Waals surface area contributed by atoms with E-state index in [-0.39, 0.29) is 16.7 Å². The lowest BCUT2D eigenvalue weighted by molar-refractivity contribution is -0.143. The average molecular weight is 353 g/mol. The van der Waals surface area contributed by atoms with E-state index in [1.54, 1.807) is 0 Å². The van der Waals surface area contributed by atoms with E-state index in [0.29, 0.717) is 12.1 Å². The highest BCUT2D eigenvalue weighted by Gasteiger charge is 2.37. The predicted octanol–water partition coefficient (Wildman–Crippen LogP) is 5.61. The Labute approximate surface area is 131 Å². The van der Waals surface area contributed by atoms with Crippen LogP contribution in [0.2, 0.25) is 5.02 Å². The fourth-order valence-electron chi connectivity index (χ4n) is 1.85. The first-order chi connectivity index (χ1) is 10.5. The van der Waals surface area contributed by atoms with Gasteiger partial charge in [-0.25, -0.2) is 0 Å². The first-order valence-electron chi connectivity index (χ1n) is 6.08. The molecule has 0 N–H and O–H groups in total. The molecule has 0 bridgehead atoms. The Balaban J connectivity index is 2.57. The molecule has 0 amide bonds. The maximum Gasteiger partial charge on any atom is 0.416 e. The largest absolute Gasteiger partial charge is 0.416 e. The molecule has 0 fully saturated rings. The van der Waals surface area contributed by atoms with Crippen molar-refractivity contribution in [2.75, 3.05) is 0 Å². The molecule has 0 radical (unpaired) electrons. The number of alkyl halides is 6. The highest BCUT2D eigenvalue weighted by atomic mass is 35.5. The topological polar surface area (TPSA) is 17.1 Å². The number of carbonyl (C=O) groups excluding carboxylic acids is 1. The van der Waals surface area contributed by atoms with E-state index in [9.17, 15) is 31.1 Å². The predicted molar refractivity (Wildman–Crippen MR) is 71.3 cm³/mol. The minimum Gasteiger partial charge on any atom is -0.289 e. The second-order valence-electron chi connectivity index (χ2n) is 4.63. The summed E-state index contributed by atoms with van der Waals surface area (Å²) >= 11 is 5.62. The van der Waals surface area contributed by atoms with Crippen molar-refractivity contribution in [2.24, 2.45) is 0 Å². The fourth-order valence-corrected chi connectivity index (χ4v) is 1.98. The highest BCUT2D eigenvalue weighted by molar-refractivity contribution is 6.30. The van der Waals surface area contributed by atoms with Gasteiger partial charge in [0.2, 0.25) is 0 Å². The van der Waals surface area contributed by atoms with Gasteiger partial charge >= 0.3 is 12.4 Å². The summed E-state index contributed by atoms with van der Waals surface area (Å²) in [5, 5.41) is 0.279. The van der Waals surface area contributed by atoms with Crippen molar-refractivity contribution in [3.05, 3.63) is 69.7 Å². The summed E-state index contributed by atoms with van der Waals surface area (Å²) in [4.78, 5) is 12.1. The summed E-state index contributed by atoms with van der Waals surface area (Å²) < 4.78 is 76.6. The van der Waals surface area contributed by atoms with E-state index in [4.69, 9.17) is 11.6 Å². The Bertz CT molecular complexity index is 699. The molecule has 122 valence electrons. The lowest BCUT2D eigenvalue weighted by Gasteiger charge is -2.13. The number of halogens is 7. The van der Waals surface area contributed by atoms with Gasteiger partial charge in [0.15, 0.2) is 5.78 Å². The first kappa shape index (κ1) is 17.3. The van der Waals surface area contributed by atoms with Crippen LogP contribution < -0.4 is 0 Å². The number of benzene rings is 2. The third-order valence-electron chi connectivity index (χ3n) is 2.96. The van der Waals surface area contributed by atoms with E-state index in [1.807, 2.05) is 0 Å². The lowest BCUT2D eigenvalue weighted by atomic mass is 9.98. The van der Waals surface area contributed by atoms with Gasteiger partial charge in [-0.15, -0.1) is 0 Å². The van der Waals surface area contributed by atoms with Crippen molar-refractivity contribution in [1.82, 2.24) is 0 Å². The number of rotatable bonds is 2. The molecule has 0 aliphatic heterocycles. The maximum atomic E-state index is 12.8. The summed E-state index contributed by atoms with van der Waals surface area (Å²) in [6, 6.07) is 5.83. The summed E-state index contributed by atoms with van der Waals surface area (Å²) in [5.41, 5.74) is -3.84. The molecule has 0 atom stereocenters. The number of hydrogen-bond acceptors (Lipinski definition) is 1. The number of ketones is 1. The van der Waals surface area contributed by atoms with Gasteiger partial charge < -0.3 is 0 Å². The highest BCUT2D eigenvalue weighted by Crippen LogP contribution is 2.36. The minimum absolute atomic E-state index is 0.0291. The molecule has 8 heteroatoms. The quantitative estimate of drug-likeness (QED) is 0.507. The number of hydrogen-bond donors (Lipinski definition) is 0. The van der Waals surface area contributed by atoms with Crippen LogP contribution in [-0.2, 0) is 12.4 Å². The molecule has 1 nitrogen and oxygen atoms in total. The van der Waals surface area contributed by atoms with Crippen molar-refractivity contribution in [3.8, 4) is 0 Å². The Morgan fingerprint density at radius 1 is 0.739 bits per heavy atom. The van der Waals surface area contributed by atoms with Crippen molar-refractivity contribution >= 4 is 17.4 Å². The molecule has 2 rings (SSSR count). The zero-order valence-electron chi connectivity index (χ0n) is 11.1. The second-order valence-corrected chi connectivity index (χ2v) is 5.07. The standard InChI is InChI=1S/C15H7ClF6O/c16-12-3-1-8(2-4-12)13(23)9-5-10(14(17,18)19)7-11(6-9)15(20,21)22/h1-7H. The third kappa shape index (κ3) is 4.04. The average Bonchev–Trinajstić information content (AvgIpc) is 2.45. The second kappa shape index (κ2) is 5.88. The van der Waals surface area contributed by atoms with Crippen LogP contribution in [0, 0.1) is 0 Å². The molecule has 0 heterocycles. The Morgan fingerprint density at radius 3 is 1.57 bits per heavy atom. The van der Waals surface area contributed by atoms with Gasteiger partial charge in [0.25, 0.3) is 0 Å². The van der Waals surface area contributed by atoms with Gasteiger partial charge in [0.1, 0.15) is 0 Å². The third-order valence-corrected chi connectivity index (χ3v) is 3.21. The van der Waals surface area contributed by atoms with Crippen molar-refractivity contribution < 1.29 is 31.1 Å². The van der Waals surface area contributed by atoms with Crippen molar-refractivity contribution in [1.29, 1.82) is 0 Å². The molecule has 2 aromatic carbocycles. The summed E-state index contributed by atoms with van der Waals surface area (Å²) in [6.45, 7) is 0. The molecule has 0 aromatic heterocycles. The van der Waals surface area contributed by atoms with Gasteiger partial charge in [-0.1, -0.05) is 11.6 Å². The molecule has 0 spiro atoms. The summed E-state index contributed by atoms with van der Waals surface area (Å²) in [5.74, 6) is -0.960. The Hall–Kier alpha value is -2.02. The van der Waals surface area contributed by atoms with E-state index >= 15 is 0 Å². The molecule has 0 saturated carbocycles. The van der Waals surface area contributed by atoms with Gasteiger partial charge in [-0.05, 0) is 42.5 Å². The van der Waals surface area contributed by atoms with Crippen molar-refractivity contribution in [2.45, 2.75) is 12.4 Å². The van der Waals surface area contributed by atoms with Crippen LogP contribution in [0.5, 0.6) is 0 Å². The molecule has 0 unspecified atom stereocenters. The van der Waals surface area contributed by atoms with Gasteiger partial charge in [-0.2, -0.15) is 26.3 Å². The van der Waals surface area contributed by atoms with Crippen LogP contribution in [0.1, 0.15) is 27.0 Å². The first-order valence-corrected chi connectivity index (χ1v) is 6.46. The van der Waals surface area contributed by atoms with E-state index in [2.05, 4.69) is 0 Å². The van der Waals surface area contributed by atoms with Crippen LogP contribution in [0.15, 0.2) is 42.5 Å². The summed E-state index contributed by atoms with van der Waals surface area (Å²) in [7, 11) is 0. The SMILES string of the molecule is O=C(c1ccc(Cl)cc1)c1cc(C(F)(F)F)cc(C(F)(F)F)c1.